The van der Waals surface area contributed by atoms with Gasteiger partial charge in [-0.1, -0.05) is 46.5 Å². The van der Waals surface area contributed by atoms with Crippen molar-refractivity contribution in [3.05, 3.63) is 0 Å². The molecule has 0 aromatic heterocycles. The van der Waals surface area contributed by atoms with E-state index in [0.717, 1.165) is 38.5 Å². The third-order valence-electron chi connectivity index (χ3n) is 5.02. The molecule has 2 rings (SSSR count). The predicted octanol–water partition coefficient (Wildman–Crippen LogP) is 3.80. The minimum Gasteiger partial charge on any atom is -0.461 e. The molecule has 0 bridgehead atoms. The molecular weight excluding hydrogens is 250 g/mol. The molecule has 116 valence electrons. The van der Waals surface area contributed by atoms with Gasteiger partial charge in [0.05, 0.1) is 0 Å². The molecule has 0 heterocycles. The monoisotopic (exact) mass is 281 g/mol. The molecule has 2 aliphatic carbocycles. The second-order valence-corrected chi connectivity index (χ2v) is 8.01. The number of esters is 1. The summed E-state index contributed by atoms with van der Waals surface area (Å²) in [7, 11) is 0. The van der Waals surface area contributed by atoms with E-state index in [0.29, 0.717) is 5.92 Å². The topological polar surface area (TPSA) is 52.3 Å². The van der Waals surface area contributed by atoms with Crippen molar-refractivity contribution in [2.45, 2.75) is 90.2 Å². The van der Waals surface area contributed by atoms with Crippen molar-refractivity contribution < 1.29 is 9.53 Å². The maximum Gasteiger partial charge on any atom is 0.326 e. The van der Waals surface area contributed by atoms with Gasteiger partial charge in [0.2, 0.25) is 0 Å². The van der Waals surface area contributed by atoms with Crippen LogP contribution in [0.15, 0.2) is 0 Å². The Bertz CT molecular complexity index is 343. The van der Waals surface area contributed by atoms with Gasteiger partial charge in [-0.25, -0.2) is 0 Å². The third kappa shape index (κ3) is 3.97. The van der Waals surface area contributed by atoms with Crippen molar-refractivity contribution in [1.82, 2.24) is 0 Å². The van der Waals surface area contributed by atoms with E-state index in [9.17, 15) is 4.79 Å². The first-order valence-corrected chi connectivity index (χ1v) is 8.31. The average Bonchev–Trinajstić information content (AvgIpc) is 2.52. The van der Waals surface area contributed by atoms with Gasteiger partial charge in [0.15, 0.2) is 0 Å². The van der Waals surface area contributed by atoms with Gasteiger partial charge in [-0.3, -0.25) is 4.79 Å². The SMILES string of the molecule is CC1CC(OC(=O)C2(N)CCCCCC2)CC(C)(C)C1. The molecule has 0 saturated heterocycles. The Morgan fingerprint density at radius 1 is 1.10 bits per heavy atom. The molecule has 2 unspecified atom stereocenters. The molecule has 2 aliphatic rings. The molecule has 0 amide bonds. The molecule has 2 atom stereocenters. The fourth-order valence-corrected chi connectivity index (χ4v) is 4.18. The number of carbonyl (C=O) groups excluding carboxylic acids is 1. The van der Waals surface area contributed by atoms with Crippen LogP contribution in [-0.4, -0.2) is 17.6 Å². The van der Waals surface area contributed by atoms with Crippen LogP contribution in [0.3, 0.4) is 0 Å². The Balaban J connectivity index is 1.96. The second-order valence-electron chi connectivity index (χ2n) is 8.01. The number of ether oxygens (including phenoxy) is 1. The number of nitrogens with two attached hydrogens (primary N) is 1. The van der Waals surface area contributed by atoms with Crippen LogP contribution in [0, 0.1) is 11.3 Å². The Morgan fingerprint density at radius 3 is 2.25 bits per heavy atom. The van der Waals surface area contributed by atoms with Gasteiger partial charge < -0.3 is 10.5 Å². The Kier molecular flexibility index (Phi) is 4.78. The molecule has 0 radical (unpaired) electrons. The predicted molar refractivity (Wildman–Crippen MR) is 81.3 cm³/mol. The highest BCUT2D eigenvalue weighted by molar-refractivity contribution is 5.80. The van der Waals surface area contributed by atoms with E-state index >= 15 is 0 Å². The van der Waals surface area contributed by atoms with Gasteiger partial charge in [0.25, 0.3) is 0 Å². The third-order valence-corrected chi connectivity index (χ3v) is 5.02. The van der Waals surface area contributed by atoms with Crippen molar-refractivity contribution in [2.75, 3.05) is 0 Å². The largest absolute Gasteiger partial charge is 0.461 e. The van der Waals surface area contributed by atoms with Gasteiger partial charge in [-0.2, -0.15) is 0 Å². The highest BCUT2D eigenvalue weighted by Gasteiger charge is 2.40. The Labute approximate surface area is 123 Å². The minimum atomic E-state index is -0.721. The van der Waals surface area contributed by atoms with E-state index in [1.165, 1.54) is 19.3 Å². The highest BCUT2D eigenvalue weighted by atomic mass is 16.5. The zero-order valence-electron chi connectivity index (χ0n) is 13.4. The fourth-order valence-electron chi connectivity index (χ4n) is 4.18. The summed E-state index contributed by atoms with van der Waals surface area (Å²) in [5.74, 6) is 0.480. The lowest BCUT2D eigenvalue weighted by Gasteiger charge is -2.39. The number of hydrogen-bond donors (Lipinski definition) is 1. The quantitative estimate of drug-likeness (QED) is 0.619. The zero-order chi connectivity index (χ0) is 14.8. The van der Waals surface area contributed by atoms with Gasteiger partial charge in [-0.05, 0) is 43.4 Å². The van der Waals surface area contributed by atoms with E-state index < -0.39 is 5.54 Å². The highest BCUT2D eigenvalue weighted by Crippen LogP contribution is 2.40. The molecule has 2 N–H and O–H groups in total. The average molecular weight is 281 g/mol. The fraction of sp³-hybridized carbons (Fsp3) is 0.941. The van der Waals surface area contributed by atoms with Crippen molar-refractivity contribution in [1.29, 1.82) is 0 Å². The smallest absolute Gasteiger partial charge is 0.326 e. The van der Waals surface area contributed by atoms with E-state index in [1.54, 1.807) is 0 Å². The summed E-state index contributed by atoms with van der Waals surface area (Å²) < 4.78 is 5.83. The lowest BCUT2D eigenvalue weighted by atomic mass is 9.71. The zero-order valence-corrected chi connectivity index (χ0v) is 13.4. The summed E-state index contributed by atoms with van der Waals surface area (Å²) in [6, 6.07) is 0. The second kappa shape index (κ2) is 6.05. The molecule has 2 saturated carbocycles. The first kappa shape index (κ1) is 15.8. The summed E-state index contributed by atoms with van der Waals surface area (Å²) >= 11 is 0. The van der Waals surface area contributed by atoms with Crippen LogP contribution in [0.1, 0.15) is 78.6 Å². The van der Waals surface area contributed by atoms with Crippen molar-refractivity contribution >= 4 is 5.97 Å². The van der Waals surface area contributed by atoms with Crippen LogP contribution < -0.4 is 5.73 Å². The van der Waals surface area contributed by atoms with E-state index in [1.807, 2.05) is 0 Å². The van der Waals surface area contributed by atoms with Gasteiger partial charge in [-0.15, -0.1) is 0 Å². The van der Waals surface area contributed by atoms with Crippen LogP contribution in [0.5, 0.6) is 0 Å². The molecule has 0 aromatic carbocycles. The normalized spacial score (nSPS) is 33.2. The van der Waals surface area contributed by atoms with Gasteiger partial charge in [0.1, 0.15) is 11.6 Å². The molecule has 2 fully saturated rings. The Morgan fingerprint density at radius 2 is 1.70 bits per heavy atom. The summed E-state index contributed by atoms with van der Waals surface area (Å²) in [6.07, 6.45) is 9.31. The maximum atomic E-state index is 12.5. The molecule has 0 aliphatic heterocycles. The van der Waals surface area contributed by atoms with Crippen LogP contribution in [0.4, 0.5) is 0 Å². The molecule has 0 aromatic rings. The van der Waals surface area contributed by atoms with E-state index in [4.69, 9.17) is 10.5 Å². The molecule has 0 spiro atoms. The van der Waals surface area contributed by atoms with E-state index in [-0.39, 0.29) is 17.5 Å². The maximum absolute atomic E-state index is 12.5. The lowest BCUT2D eigenvalue weighted by molar-refractivity contribution is -0.160. The number of carbonyl (C=O) groups is 1. The summed E-state index contributed by atoms with van der Waals surface area (Å²) in [5, 5.41) is 0. The first-order valence-electron chi connectivity index (χ1n) is 8.31. The van der Waals surface area contributed by atoms with Gasteiger partial charge >= 0.3 is 5.97 Å². The van der Waals surface area contributed by atoms with Gasteiger partial charge in [0, 0.05) is 0 Å². The van der Waals surface area contributed by atoms with Crippen LogP contribution in [0.25, 0.3) is 0 Å². The van der Waals surface area contributed by atoms with Crippen molar-refractivity contribution in [3.63, 3.8) is 0 Å². The Hall–Kier alpha value is -0.570. The lowest BCUT2D eigenvalue weighted by Crippen LogP contribution is -2.50. The molecule has 3 nitrogen and oxygen atoms in total. The summed E-state index contributed by atoms with van der Waals surface area (Å²) in [6.45, 7) is 6.80. The van der Waals surface area contributed by atoms with Crippen LogP contribution in [0.2, 0.25) is 0 Å². The van der Waals surface area contributed by atoms with Crippen LogP contribution >= 0.6 is 0 Å². The molecule has 20 heavy (non-hydrogen) atoms. The van der Waals surface area contributed by atoms with Crippen LogP contribution in [-0.2, 0) is 9.53 Å². The first-order chi connectivity index (χ1) is 9.31. The van der Waals surface area contributed by atoms with Crippen molar-refractivity contribution in [2.24, 2.45) is 17.1 Å². The number of rotatable bonds is 2. The summed E-state index contributed by atoms with van der Waals surface area (Å²) in [4.78, 5) is 12.5. The minimum absolute atomic E-state index is 0.0601. The van der Waals surface area contributed by atoms with E-state index in [2.05, 4.69) is 20.8 Å². The summed E-state index contributed by atoms with van der Waals surface area (Å²) in [5.41, 5.74) is 5.90. The molecule has 3 heteroatoms. The number of hydrogen-bond acceptors (Lipinski definition) is 3. The van der Waals surface area contributed by atoms with Crippen molar-refractivity contribution in [3.8, 4) is 0 Å². The standard InChI is InChI=1S/C17H31NO2/c1-13-10-14(12-16(2,3)11-13)20-15(19)17(18)8-6-4-5-7-9-17/h13-14H,4-12,18H2,1-3H3. The molecular formula is C17H31NO2.